The number of halogens is 2. The van der Waals surface area contributed by atoms with E-state index in [-0.39, 0.29) is 42.5 Å². The van der Waals surface area contributed by atoms with Crippen LogP contribution in [0.3, 0.4) is 0 Å². The third-order valence-corrected chi connectivity index (χ3v) is 8.39. The lowest BCUT2D eigenvalue weighted by Gasteiger charge is -2.39. The molecule has 2 atom stereocenters. The van der Waals surface area contributed by atoms with E-state index in [4.69, 9.17) is 11.6 Å². The van der Waals surface area contributed by atoms with Gasteiger partial charge in [-0.2, -0.15) is 0 Å². The number of carbonyl (C=O) groups excluding carboxylic acids is 3. The molecular formula is C34H40ClFN4O3. The largest absolute Gasteiger partial charge is 0.368 e. The fourth-order valence-electron chi connectivity index (χ4n) is 5.78. The van der Waals surface area contributed by atoms with Crippen molar-refractivity contribution in [2.75, 3.05) is 37.6 Å². The summed E-state index contributed by atoms with van der Waals surface area (Å²) in [4.78, 5) is 45.0. The molecule has 3 aromatic rings. The van der Waals surface area contributed by atoms with E-state index >= 15 is 0 Å². The Labute approximate surface area is 258 Å². The van der Waals surface area contributed by atoms with Gasteiger partial charge in [0.1, 0.15) is 5.82 Å². The van der Waals surface area contributed by atoms with Crippen LogP contribution < -0.4 is 10.2 Å². The molecule has 0 saturated carbocycles. The summed E-state index contributed by atoms with van der Waals surface area (Å²) in [5, 5.41) is 3.39. The Morgan fingerprint density at radius 3 is 2.26 bits per heavy atom. The van der Waals surface area contributed by atoms with Crippen LogP contribution in [-0.2, 0) is 27.3 Å². The van der Waals surface area contributed by atoms with E-state index in [1.165, 1.54) is 6.07 Å². The van der Waals surface area contributed by atoms with Crippen molar-refractivity contribution in [2.24, 2.45) is 5.92 Å². The van der Waals surface area contributed by atoms with Crippen LogP contribution in [0.15, 0.2) is 72.8 Å². The zero-order valence-corrected chi connectivity index (χ0v) is 25.8. The number of para-hydroxylation sites is 1. The number of piperazine rings is 1. The molecule has 0 bridgehead atoms. The summed E-state index contributed by atoms with van der Waals surface area (Å²) in [5.74, 6) is -1.30. The summed E-state index contributed by atoms with van der Waals surface area (Å²) in [6.07, 6.45) is 0.385. The number of hydrogen-bond donors (Lipinski definition) is 1. The lowest BCUT2D eigenvalue weighted by Crippen LogP contribution is -2.51. The molecule has 1 heterocycles. The predicted molar refractivity (Wildman–Crippen MR) is 168 cm³/mol. The average molecular weight is 607 g/mol. The fourth-order valence-corrected chi connectivity index (χ4v) is 5.90. The maximum atomic E-state index is 14.1. The maximum absolute atomic E-state index is 14.1. The smallest absolute Gasteiger partial charge is 0.226 e. The molecule has 1 unspecified atom stereocenters. The van der Waals surface area contributed by atoms with Gasteiger partial charge in [-0.05, 0) is 55.7 Å². The zero-order valence-electron chi connectivity index (χ0n) is 25.1. The van der Waals surface area contributed by atoms with E-state index in [0.29, 0.717) is 49.7 Å². The molecule has 228 valence electrons. The Hall–Kier alpha value is -3.91. The summed E-state index contributed by atoms with van der Waals surface area (Å²) in [6.45, 7) is 8.59. The van der Waals surface area contributed by atoms with Gasteiger partial charge in [0.25, 0.3) is 0 Å². The second-order valence-electron chi connectivity index (χ2n) is 11.0. The van der Waals surface area contributed by atoms with Crippen molar-refractivity contribution in [1.29, 1.82) is 0 Å². The van der Waals surface area contributed by atoms with Crippen molar-refractivity contribution in [3.05, 3.63) is 100 Å². The molecule has 1 aliphatic rings. The van der Waals surface area contributed by atoms with Crippen LogP contribution in [0.2, 0.25) is 5.02 Å². The Balaban J connectivity index is 1.44. The molecule has 1 saturated heterocycles. The van der Waals surface area contributed by atoms with Crippen LogP contribution in [0.1, 0.15) is 49.9 Å². The van der Waals surface area contributed by atoms with Crippen molar-refractivity contribution in [3.63, 3.8) is 0 Å². The first kappa shape index (κ1) is 32.0. The minimum Gasteiger partial charge on any atom is -0.368 e. The number of carbonyl (C=O) groups is 3. The summed E-state index contributed by atoms with van der Waals surface area (Å²) in [7, 11) is 0. The highest BCUT2D eigenvalue weighted by atomic mass is 35.5. The molecule has 4 rings (SSSR count). The van der Waals surface area contributed by atoms with Crippen LogP contribution in [0.25, 0.3) is 0 Å². The minimum atomic E-state index is -0.575. The van der Waals surface area contributed by atoms with Gasteiger partial charge in [-0.1, -0.05) is 60.1 Å². The first-order valence-corrected chi connectivity index (χ1v) is 15.2. The Morgan fingerprint density at radius 2 is 1.60 bits per heavy atom. The number of benzene rings is 3. The van der Waals surface area contributed by atoms with Gasteiger partial charge in [-0.15, -0.1) is 0 Å². The van der Waals surface area contributed by atoms with Gasteiger partial charge >= 0.3 is 0 Å². The second-order valence-corrected chi connectivity index (χ2v) is 11.4. The van der Waals surface area contributed by atoms with E-state index in [2.05, 4.69) is 22.3 Å². The number of hydrogen-bond acceptors (Lipinski definition) is 4. The van der Waals surface area contributed by atoms with E-state index < -0.39 is 5.92 Å². The van der Waals surface area contributed by atoms with Crippen LogP contribution in [-0.4, -0.2) is 60.2 Å². The van der Waals surface area contributed by atoms with E-state index in [0.717, 1.165) is 16.8 Å². The van der Waals surface area contributed by atoms with Gasteiger partial charge in [-0.25, -0.2) is 4.39 Å². The molecular weight excluding hydrogens is 567 g/mol. The summed E-state index contributed by atoms with van der Waals surface area (Å²) >= 11 is 6.07. The van der Waals surface area contributed by atoms with Gasteiger partial charge in [0.05, 0.1) is 12.0 Å². The zero-order chi connectivity index (χ0) is 30.9. The van der Waals surface area contributed by atoms with Crippen molar-refractivity contribution in [1.82, 2.24) is 15.1 Å². The standard InChI is InChI=1S/C34H40ClFN4O3/c1-4-40(25(3)41)24(2)30-10-6-8-12-32(30)38-17-19-39(20-18-38)34(43)28(21-26-13-15-29(35)16-14-26)22-33(42)37-23-27-9-5-7-11-31(27)36/h5-16,24,28H,4,17-23H2,1-3H3,(H,37,42)/t24?,28-/m0/s1. The average Bonchev–Trinajstić information content (AvgIpc) is 3.01. The SMILES string of the molecule is CCN(C(C)=O)C(C)c1ccccc1N1CCN(C(=O)[C@H](CC(=O)NCc2ccccc2F)Cc2ccc(Cl)cc2)CC1. The number of nitrogens with zero attached hydrogens (tertiary/aromatic N) is 3. The molecule has 3 aromatic carbocycles. The molecule has 0 spiro atoms. The number of rotatable bonds is 11. The Bertz CT molecular complexity index is 1410. The monoisotopic (exact) mass is 606 g/mol. The van der Waals surface area contributed by atoms with Crippen molar-refractivity contribution in [3.8, 4) is 0 Å². The summed E-state index contributed by atoms with van der Waals surface area (Å²) in [5.41, 5.74) is 3.45. The number of nitrogens with one attached hydrogen (secondary N) is 1. The maximum Gasteiger partial charge on any atom is 0.226 e. The molecule has 9 heteroatoms. The number of amides is 3. The van der Waals surface area contributed by atoms with Crippen molar-refractivity contribution < 1.29 is 18.8 Å². The second kappa shape index (κ2) is 15.0. The Morgan fingerprint density at radius 1 is 0.953 bits per heavy atom. The quantitative estimate of drug-likeness (QED) is 0.307. The Kier molecular flexibility index (Phi) is 11.2. The highest BCUT2D eigenvalue weighted by Gasteiger charge is 2.31. The van der Waals surface area contributed by atoms with Crippen molar-refractivity contribution in [2.45, 2.75) is 46.2 Å². The van der Waals surface area contributed by atoms with Gasteiger partial charge in [0, 0.05) is 68.9 Å². The minimum absolute atomic E-state index is 0.00558. The fraction of sp³-hybridized carbons (Fsp3) is 0.382. The topological polar surface area (TPSA) is 73.0 Å². The summed E-state index contributed by atoms with van der Waals surface area (Å²) in [6, 6.07) is 21.6. The predicted octanol–water partition coefficient (Wildman–Crippen LogP) is 5.62. The third kappa shape index (κ3) is 8.35. The molecule has 0 aliphatic carbocycles. The lowest BCUT2D eigenvalue weighted by atomic mass is 9.93. The number of anilines is 1. The molecule has 3 amide bonds. The molecule has 0 radical (unpaired) electrons. The van der Waals surface area contributed by atoms with Gasteiger partial charge in [-0.3, -0.25) is 14.4 Å². The van der Waals surface area contributed by atoms with Gasteiger partial charge < -0.3 is 20.0 Å². The van der Waals surface area contributed by atoms with Crippen LogP contribution in [0.4, 0.5) is 10.1 Å². The molecule has 1 aliphatic heterocycles. The first-order valence-electron chi connectivity index (χ1n) is 14.8. The molecule has 0 aromatic heterocycles. The highest BCUT2D eigenvalue weighted by Crippen LogP contribution is 2.31. The third-order valence-electron chi connectivity index (χ3n) is 8.14. The van der Waals surface area contributed by atoms with Crippen LogP contribution in [0.5, 0.6) is 0 Å². The molecule has 7 nitrogen and oxygen atoms in total. The van der Waals surface area contributed by atoms with Crippen LogP contribution in [0, 0.1) is 11.7 Å². The van der Waals surface area contributed by atoms with E-state index in [1.54, 1.807) is 37.3 Å². The van der Waals surface area contributed by atoms with Crippen LogP contribution >= 0.6 is 11.6 Å². The normalized spacial score (nSPS) is 14.6. The van der Waals surface area contributed by atoms with Crippen molar-refractivity contribution >= 4 is 35.0 Å². The van der Waals surface area contributed by atoms with Gasteiger partial charge in [0.2, 0.25) is 17.7 Å². The van der Waals surface area contributed by atoms with Gasteiger partial charge in [0.15, 0.2) is 0 Å². The first-order chi connectivity index (χ1) is 20.7. The molecule has 1 fully saturated rings. The molecule has 1 N–H and O–H groups in total. The lowest BCUT2D eigenvalue weighted by molar-refractivity contribution is -0.138. The molecule has 43 heavy (non-hydrogen) atoms. The van der Waals surface area contributed by atoms with E-state index in [9.17, 15) is 18.8 Å². The van der Waals surface area contributed by atoms with E-state index in [1.807, 2.05) is 47.9 Å². The summed E-state index contributed by atoms with van der Waals surface area (Å²) < 4.78 is 14.1. The highest BCUT2D eigenvalue weighted by molar-refractivity contribution is 6.30.